The van der Waals surface area contributed by atoms with Crippen LogP contribution in [0.1, 0.15) is 20.3 Å². The van der Waals surface area contributed by atoms with E-state index < -0.39 is 0 Å². The minimum absolute atomic E-state index is 0.0341. The second-order valence-electron chi connectivity index (χ2n) is 2.54. The fourth-order valence-electron chi connectivity index (χ4n) is 0.917. The summed E-state index contributed by atoms with van der Waals surface area (Å²) in [6, 6.07) is 0. The van der Waals surface area contributed by atoms with E-state index in [1.165, 1.54) is 0 Å². The van der Waals surface area contributed by atoms with Crippen LogP contribution >= 0.6 is 11.6 Å². The van der Waals surface area contributed by atoms with Crippen LogP contribution in [-0.2, 0) is 4.79 Å². The van der Waals surface area contributed by atoms with Crippen LogP contribution in [0.2, 0.25) is 0 Å². The van der Waals surface area contributed by atoms with E-state index in [2.05, 4.69) is 4.99 Å². The third-order valence-corrected chi connectivity index (χ3v) is 2.14. The van der Waals surface area contributed by atoms with Gasteiger partial charge in [0.1, 0.15) is 5.71 Å². The van der Waals surface area contributed by atoms with E-state index >= 15 is 0 Å². The van der Waals surface area contributed by atoms with Gasteiger partial charge in [-0.15, -0.1) is 0 Å². The van der Waals surface area contributed by atoms with Crippen LogP contribution in [-0.4, -0.2) is 18.0 Å². The zero-order chi connectivity index (χ0) is 8.43. The summed E-state index contributed by atoms with van der Waals surface area (Å²) < 4.78 is 0. The SMILES string of the molecule is CCC(=O)C1=NCC(C)=C1Cl. The first-order chi connectivity index (χ1) is 5.16. The summed E-state index contributed by atoms with van der Waals surface area (Å²) in [5.74, 6) is 0.0341. The summed E-state index contributed by atoms with van der Waals surface area (Å²) in [5.41, 5.74) is 1.45. The topological polar surface area (TPSA) is 29.4 Å². The van der Waals surface area contributed by atoms with E-state index in [1.807, 2.05) is 13.8 Å². The molecule has 0 radical (unpaired) electrons. The quantitative estimate of drug-likeness (QED) is 0.625. The molecule has 60 valence electrons. The molecule has 0 aromatic rings. The van der Waals surface area contributed by atoms with Crippen molar-refractivity contribution >= 4 is 23.1 Å². The van der Waals surface area contributed by atoms with Crippen molar-refractivity contribution in [3.05, 3.63) is 10.6 Å². The number of ketones is 1. The molecule has 0 saturated carbocycles. The van der Waals surface area contributed by atoms with Gasteiger partial charge in [-0.25, -0.2) is 0 Å². The van der Waals surface area contributed by atoms with Gasteiger partial charge in [-0.1, -0.05) is 18.5 Å². The number of hydrogen-bond donors (Lipinski definition) is 0. The van der Waals surface area contributed by atoms with Crippen molar-refractivity contribution in [3.63, 3.8) is 0 Å². The van der Waals surface area contributed by atoms with Gasteiger partial charge < -0.3 is 0 Å². The van der Waals surface area contributed by atoms with Gasteiger partial charge in [-0.3, -0.25) is 9.79 Å². The zero-order valence-corrected chi connectivity index (χ0v) is 7.40. The van der Waals surface area contributed by atoms with Crippen molar-refractivity contribution in [1.29, 1.82) is 0 Å². The smallest absolute Gasteiger partial charge is 0.181 e. The maximum atomic E-state index is 11.1. The van der Waals surface area contributed by atoms with E-state index in [9.17, 15) is 4.79 Å². The van der Waals surface area contributed by atoms with Gasteiger partial charge in [0.05, 0.1) is 11.6 Å². The molecule has 0 aliphatic carbocycles. The Morgan fingerprint density at radius 2 is 2.36 bits per heavy atom. The van der Waals surface area contributed by atoms with Crippen LogP contribution < -0.4 is 0 Å². The highest BCUT2D eigenvalue weighted by molar-refractivity contribution is 6.60. The normalized spacial score (nSPS) is 17.2. The molecule has 0 aromatic carbocycles. The van der Waals surface area contributed by atoms with Crippen LogP contribution in [0.25, 0.3) is 0 Å². The first-order valence-corrected chi connectivity index (χ1v) is 3.98. The number of carbonyl (C=O) groups is 1. The van der Waals surface area contributed by atoms with Crippen molar-refractivity contribution in [2.24, 2.45) is 4.99 Å². The fourth-order valence-corrected chi connectivity index (χ4v) is 1.14. The first-order valence-electron chi connectivity index (χ1n) is 3.60. The fraction of sp³-hybridized carbons (Fsp3) is 0.500. The number of nitrogens with zero attached hydrogens (tertiary/aromatic N) is 1. The Balaban J connectivity index is 2.85. The lowest BCUT2D eigenvalue weighted by Gasteiger charge is -1.95. The molecule has 0 amide bonds. The molecule has 11 heavy (non-hydrogen) atoms. The Morgan fingerprint density at radius 3 is 2.73 bits per heavy atom. The number of halogens is 1. The molecule has 1 heterocycles. The predicted molar refractivity (Wildman–Crippen MR) is 46.2 cm³/mol. The highest BCUT2D eigenvalue weighted by Gasteiger charge is 2.19. The molecule has 0 spiro atoms. The van der Waals surface area contributed by atoms with Crippen LogP contribution in [0.4, 0.5) is 0 Å². The Labute approximate surface area is 71.0 Å². The molecular formula is C8H10ClNO. The first kappa shape index (κ1) is 8.47. The lowest BCUT2D eigenvalue weighted by atomic mass is 10.2. The highest BCUT2D eigenvalue weighted by atomic mass is 35.5. The van der Waals surface area contributed by atoms with E-state index in [0.29, 0.717) is 23.7 Å². The molecule has 0 fully saturated rings. The van der Waals surface area contributed by atoms with Crippen molar-refractivity contribution in [2.75, 3.05) is 6.54 Å². The van der Waals surface area contributed by atoms with Crippen LogP contribution in [0, 0.1) is 0 Å². The molecule has 1 aliphatic rings. The Kier molecular flexibility index (Phi) is 2.45. The number of Topliss-reactive ketones (excluding diaryl/α,β-unsaturated/α-hetero) is 1. The van der Waals surface area contributed by atoms with Gasteiger partial charge in [0, 0.05) is 6.42 Å². The molecule has 0 bridgehead atoms. The largest absolute Gasteiger partial charge is 0.292 e. The summed E-state index contributed by atoms with van der Waals surface area (Å²) in [6.45, 7) is 4.28. The molecule has 0 aromatic heterocycles. The standard InChI is InChI=1S/C8H10ClNO/c1-3-6(11)8-7(9)5(2)4-10-8/h3-4H2,1-2H3. The lowest BCUT2D eigenvalue weighted by molar-refractivity contribution is -0.112. The predicted octanol–water partition coefficient (Wildman–Crippen LogP) is 1.93. The number of carbonyl (C=O) groups excluding carboxylic acids is 1. The van der Waals surface area contributed by atoms with E-state index in [0.717, 1.165) is 5.57 Å². The molecule has 0 atom stereocenters. The van der Waals surface area contributed by atoms with E-state index in [4.69, 9.17) is 11.6 Å². The average Bonchev–Trinajstić information content (AvgIpc) is 2.32. The third kappa shape index (κ3) is 1.51. The summed E-state index contributed by atoms with van der Waals surface area (Å²) in [5, 5.41) is 0.553. The molecule has 3 heteroatoms. The lowest BCUT2D eigenvalue weighted by Crippen LogP contribution is -2.10. The molecule has 1 aliphatic heterocycles. The monoisotopic (exact) mass is 171 g/mol. The van der Waals surface area contributed by atoms with Gasteiger partial charge in [-0.05, 0) is 12.5 Å². The Hall–Kier alpha value is -0.630. The minimum atomic E-state index is 0.0341. The molecule has 0 saturated heterocycles. The van der Waals surface area contributed by atoms with E-state index in [-0.39, 0.29) is 5.78 Å². The third-order valence-electron chi connectivity index (χ3n) is 1.64. The number of hydrogen-bond acceptors (Lipinski definition) is 2. The molecule has 2 nitrogen and oxygen atoms in total. The van der Waals surface area contributed by atoms with Gasteiger partial charge in [0.15, 0.2) is 5.78 Å². The van der Waals surface area contributed by atoms with E-state index in [1.54, 1.807) is 0 Å². The maximum Gasteiger partial charge on any atom is 0.181 e. The number of aliphatic imine (C=N–C) groups is 1. The highest BCUT2D eigenvalue weighted by Crippen LogP contribution is 2.19. The summed E-state index contributed by atoms with van der Waals surface area (Å²) in [4.78, 5) is 15.2. The van der Waals surface area contributed by atoms with Gasteiger partial charge in [0.25, 0.3) is 0 Å². The van der Waals surface area contributed by atoms with Crippen LogP contribution in [0.5, 0.6) is 0 Å². The van der Waals surface area contributed by atoms with Crippen molar-refractivity contribution in [3.8, 4) is 0 Å². The molecule has 0 N–H and O–H groups in total. The number of rotatable bonds is 2. The second kappa shape index (κ2) is 3.18. The summed E-state index contributed by atoms with van der Waals surface area (Å²) in [7, 11) is 0. The maximum absolute atomic E-state index is 11.1. The number of allylic oxidation sites excluding steroid dienone is 1. The van der Waals surface area contributed by atoms with Crippen molar-refractivity contribution in [1.82, 2.24) is 0 Å². The van der Waals surface area contributed by atoms with Crippen LogP contribution in [0.3, 0.4) is 0 Å². The van der Waals surface area contributed by atoms with Crippen LogP contribution in [0.15, 0.2) is 15.6 Å². The zero-order valence-electron chi connectivity index (χ0n) is 6.65. The molecular weight excluding hydrogens is 162 g/mol. The second-order valence-corrected chi connectivity index (χ2v) is 2.91. The van der Waals surface area contributed by atoms with Gasteiger partial charge >= 0.3 is 0 Å². The summed E-state index contributed by atoms with van der Waals surface area (Å²) >= 11 is 5.83. The average molecular weight is 172 g/mol. The molecule has 0 unspecified atom stereocenters. The van der Waals surface area contributed by atoms with Crippen molar-refractivity contribution in [2.45, 2.75) is 20.3 Å². The Morgan fingerprint density at radius 1 is 1.73 bits per heavy atom. The van der Waals surface area contributed by atoms with Crippen molar-refractivity contribution < 1.29 is 4.79 Å². The van der Waals surface area contributed by atoms with Gasteiger partial charge in [0.2, 0.25) is 0 Å². The minimum Gasteiger partial charge on any atom is -0.292 e. The van der Waals surface area contributed by atoms with Gasteiger partial charge in [-0.2, -0.15) is 0 Å². The Bertz CT molecular complexity index is 253. The summed E-state index contributed by atoms with van der Waals surface area (Å²) in [6.07, 6.45) is 0.475. The molecule has 1 rings (SSSR count).